The highest BCUT2D eigenvalue weighted by molar-refractivity contribution is 6.35. The van der Waals surface area contributed by atoms with Gasteiger partial charge in [0.15, 0.2) is 5.60 Å². The smallest absolute Gasteiger partial charge is 0.254 e. The molecule has 148 valence electrons. The molecule has 1 amide bonds. The largest absolute Gasteiger partial charge is 0.378 e. The standard InChI is InChI=1S/C21H21Cl3N2O2/c1-11-21(25)18(12-2-4-13(22)5-3-12)16(8-9-20(21,28)19(27)26-11)15-7-6-14(23)10-17(15)24/h2-7,10-11,16,18,28H,8-9,25H2,1H3,(H,26,27). The van der Waals surface area contributed by atoms with Crippen LogP contribution in [0.4, 0.5) is 0 Å². The van der Waals surface area contributed by atoms with Crippen molar-refractivity contribution in [3.05, 3.63) is 68.7 Å². The van der Waals surface area contributed by atoms with Crippen molar-refractivity contribution in [1.29, 1.82) is 0 Å². The highest BCUT2D eigenvalue weighted by Crippen LogP contribution is 2.56. The van der Waals surface area contributed by atoms with E-state index in [9.17, 15) is 9.90 Å². The molecule has 0 bridgehead atoms. The molecule has 1 aliphatic heterocycles. The van der Waals surface area contributed by atoms with Crippen LogP contribution < -0.4 is 11.1 Å². The van der Waals surface area contributed by atoms with E-state index in [0.29, 0.717) is 21.5 Å². The Balaban J connectivity index is 1.92. The molecule has 1 saturated carbocycles. The lowest BCUT2D eigenvalue weighted by Gasteiger charge is -2.52. The highest BCUT2D eigenvalue weighted by atomic mass is 35.5. The van der Waals surface area contributed by atoms with Crippen LogP contribution >= 0.6 is 34.8 Å². The lowest BCUT2D eigenvalue weighted by molar-refractivity contribution is -0.144. The first-order valence-corrected chi connectivity index (χ1v) is 10.3. The molecule has 4 rings (SSSR count). The second-order valence-electron chi connectivity index (χ2n) is 7.83. The molecule has 2 aromatic rings. The zero-order valence-electron chi connectivity index (χ0n) is 15.3. The van der Waals surface area contributed by atoms with Crippen molar-refractivity contribution in [2.75, 3.05) is 0 Å². The molecule has 0 radical (unpaired) electrons. The molecule has 1 heterocycles. The van der Waals surface area contributed by atoms with Crippen molar-refractivity contribution >= 4 is 40.7 Å². The average Bonchev–Trinajstić information content (AvgIpc) is 2.82. The zero-order valence-corrected chi connectivity index (χ0v) is 17.5. The fourth-order valence-corrected chi connectivity index (χ4v) is 5.70. The van der Waals surface area contributed by atoms with Crippen LogP contribution in [-0.4, -0.2) is 28.2 Å². The quantitative estimate of drug-likeness (QED) is 0.654. The third kappa shape index (κ3) is 2.78. The molecule has 28 heavy (non-hydrogen) atoms. The van der Waals surface area contributed by atoms with Crippen molar-refractivity contribution < 1.29 is 9.90 Å². The van der Waals surface area contributed by atoms with Gasteiger partial charge >= 0.3 is 0 Å². The molecule has 4 N–H and O–H groups in total. The molecule has 7 heteroatoms. The monoisotopic (exact) mass is 438 g/mol. The molecular formula is C21H21Cl3N2O2. The third-order valence-electron chi connectivity index (χ3n) is 6.48. The number of hydrogen-bond acceptors (Lipinski definition) is 3. The van der Waals surface area contributed by atoms with Crippen molar-refractivity contribution in [2.45, 2.75) is 48.8 Å². The summed E-state index contributed by atoms with van der Waals surface area (Å²) in [5.74, 6) is -0.857. The van der Waals surface area contributed by atoms with Crippen LogP contribution in [0.1, 0.15) is 42.7 Å². The predicted octanol–water partition coefficient (Wildman–Crippen LogP) is 4.25. The second kappa shape index (κ2) is 6.89. The number of benzene rings is 2. The number of carbonyl (C=O) groups excluding carboxylic acids is 1. The minimum absolute atomic E-state index is 0.0913. The SMILES string of the molecule is CC1NC(=O)C2(O)CCC(c3ccc(Cl)cc3Cl)C(c3ccc(Cl)cc3)C12N. The van der Waals surface area contributed by atoms with E-state index in [-0.39, 0.29) is 18.3 Å². The van der Waals surface area contributed by atoms with Gasteiger partial charge in [0.2, 0.25) is 0 Å². The number of nitrogens with one attached hydrogen (secondary N) is 1. The molecule has 0 aromatic heterocycles. The number of amides is 1. The summed E-state index contributed by atoms with van der Waals surface area (Å²) in [5.41, 5.74) is 5.88. The first kappa shape index (κ1) is 20.0. The number of aliphatic hydroxyl groups is 1. The Bertz CT molecular complexity index is 936. The van der Waals surface area contributed by atoms with E-state index in [1.54, 1.807) is 24.3 Å². The first-order valence-electron chi connectivity index (χ1n) is 9.21. The Morgan fingerprint density at radius 2 is 1.75 bits per heavy atom. The van der Waals surface area contributed by atoms with E-state index in [1.165, 1.54) is 0 Å². The molecule has 2 aliphatic rings. The minimum atomic E-state index is -1.65. The highest BCUT2D eigenvalue weighted by Gasteiger charge is 2.68. The summed E-state index contributed by atoms with van der Waals surface area (Å²) in [6, 6.07) is 12.4. The zero-order chi connectivity index (χ0) is 20.3. The Labute approximate surface area is 179 Å². The fourth-order valence-electron chi connectivity index (χ4n) is 5.03. The number of fused-ring (bicyclic) bond motifs is 1. The molecule has 1 aliphatic carbocycles. The van der Waals surface area contributed by atoms with Crippen molar-refractivity contribution in [1.82, 2.24) is 5.32 Å². The second-order valence-corrected chi connectivity index (χ2v) is 9.11. The van der Waals surface area contributed by atoms with Crippen LogP contribution in [0.2, 0.25) is 15.1 Å². The normalized spacial score (nSPS) is 34.8. The van der Waals surface area contributed by atoms with Gasteiger partial charge in [0.05, 0.1) is 5.54 Å². The molecular weight excluding hydrogens is 419 g/mol. The Kier molecular flexibility index (Phi) is 4.92. The lowest BCUT2D eigenvalue weighted by atomic mass is 9.55. The summed E-state index contributed by atoms with van der Waals surface area (Å²) in [6.07, 6.45) is 0.817. The molecule has 2 fully saturated rings. The number of halogens is 3. The molecule has 5 atom stereocenters. The van der Waals surface area contributed by atoms with Gasteiger partial charge < -0.3 is 16.2 Å². The van der Waals surface area contributed by atoms with E-state index in [2.05, 4.69) is 5.32 Å². The van der Waals surface area contributed by atoms with Gasteiger partial charge in [-0.05, 0) is 61.1 Å². The summed E-state index contributed by atoms with van der Waals surface area (Å²) in [5, 5.41) is 15.9. The van der Waals surface area contributed by atoms with Gasteiger partial charge in [-0.25, -0.2) is 0 Å². The fraction of sp³-hybridized carbons (Fsp3) is 0.381. The van der Waals surface area contributed by atoms with Gasteiger partial charge in [0.25, 0.3) is 5.91 Å². The maximum Gasteiger partial charge on any atom is 0.254 e. The van der Waals surface area contributed by atoms with Gasteiger partial charge in [0.1, 0.15) is 0 Å². The topological polar surface area (TPSA) is 75.3 Å². The van der Waals surface area contributed by atoms with Crippen LogP contribution in [0.3, 0.4) is 0 Å². The Morgan fingerprint density at radius 3 is 2.39 bits per heavy atom. The average molecular weight is 440 g/mol. The van der Waals surface area contributed by atoms with E-state index in [1.807, 2.05) is 25.1 Å². The summed E-state index contributed by atoms with van der Waals surface area (Å²) < 4.78 is 0. The van der Waals surface area contributed by atoms with Crippen molar-refractivity contribution in [3.8, 4) is 0 Å². The maximum absolute atomic E-state index is 12.6. The van der Waals surface area contributed by atoms with Crippen LogP contribution in [0.25, 0.3) is 0 Å². The number of carbonyl (C=O) groups is 1. The molecule has 1 saturated heterocycles. The first-order chi connectivity index (χ1) is 13.2. The number of hydrogen-bond donors (Lipinski definition) is 3. The molecule has 5 unspecified atom stereocenters. The molecule has 0 spiro atoms. The van der Waals surface area contributed by atoms with Crippen molar-refractivity contribution in [3.63, 3.8) is 0 Å². The van der Waals surface area contributed by atoms with Crippen LogP contribution in [0.5, 0.6) is 0 Å². The summed E-state index contributed by atoms with van der Waals surface area (Å²) in [4.78, 5) is 12.6. The van der Waals surface area contributed by atoms with Gasteiger partial charge in [0, 0.05) is 27.0 Å². The van der Waals surface area contributed by atoms with Crippen LogP contribution in [-0.2, 0) is 4.79 Å². The number of nitrogens with two attached hydrogens (primary N) is 1. The Morgan fingerprint density at radius 1 is 1.11 bits per heavy atom. The van der Waals surface area contributed by atoms with E-state index in [0.717, 1.165) is 11.1 Å². The van der Waals surface area contributed by atoms with Gasteiger partial charge in [-0.15, -0.1) is 0 Å². The minimum Gasteiger partial charge on any atom is -0.378 e. The van der Waals surface area contributed by atoms with Gasteiger partial charge in [-0.1, -0.05) is 53.0 Å². The van der Waals surface area contributed by atoms with Crippen LogP contribution in [0.15, 0.2) is 42.5 Å². The number of rotatable bonds is 2. The summed E-state index contributed by atoms with van der Waals surface area (Å²) >= 11 is 18.7. The third-order valence-corrected chi connectivity index (χ3v) is 7.30. The molecule has 2 aromatic carbocycles. The van der Waals surface area contributed by atoms with E-state index >= 15 is 0 Å². The predicted molar refractivity (Wildman–Crippen MR) is 112 cm³/mol. The maximum atomic E-state index is 12.6. The van der Waals surface area contributed by atoms with E-state index < -0.39 is 23.1 Å². The summed E-state index contributed by atoms with van der Waals surface area (Å²) in [7, 11) is 0. The molecule has 4 nitrogen and oxygen atoms in total. The van der Waals surface area contributed by atoms with Gasteiger partial charge in [-0.2, -0.15) is 0 Å². The van der Waals surface area contributed by atoms with E-state index in [4.69, 9.17) is 40.5 Å². The lowest BCUT2D eigenvalue weighted by Crippen LogP contribution is -2.70. The summed E-state index contributed by atoms with van der Waals surface area (Å²) in [6.45, 7) is 1.84. The Hall–Kier alpha value is -1.30. The van der Waals surface area contributed by atoms with Crippen molar-refractivity contribution in [2.24, 2.45) is 5.73 Å². The van der Waals surface area contributed by atoms with Gasteiger partial charge in [-0.3, -0.25) is 4.79 Å². The van der Waals surface area contributed by atoms with Crippen LogP contribution in [0, 0.1) is 0 Å².